The summed E-state index contributed by atoms with van der Waals surface area (Å²) in [4.78, 5) is 21.4. The van der Waals surface area contributed by atoms with E-state index < -0.39 is 0 Å². The molecule has 1 aromatic heterocycles. The maximum atomic E-state index is 13.0. The number of benzene rings is 3. The quantitative estimate of drug-likeness (QED) is 0.247. The number of aromatic nitrogens is 2. The van der Waals surface area contributed by atoms with Gasteiger partial charge in [-0.3, -0.25) is 4.79 Å². The Kier molecular flexibility index (Phi) is 7.67. The normalized spacial score (nSPS) is 11.9. The lowest BCUT2D eigenvalue weighted by atomic mass is 10.0. The molecule has 4 nitrogen and oxygen atoms in total. The molecule has 0 bridgehead atoms. The Morgan fingerprint density at radius 1 is 0.941 bits per heavy atom. The highest BCUT2D eigenvalue weighted by Gasteiger charge is 2.22. The first kappa shape index (κ1) is 24.4. The number of anilines is 1. The Labute approximate surface area is 214 Å². The van der Waals surface area contributed by atoms with Crippen LogP contribution in [0.3, 0.4) is 0 Å². The fraction of sp³-hybridized carbons (Fsp3) is 0.185. The van der Waals surface area contributed by atoms with Crippen LogP contribution in [-0.4, -0.2) is 21.1 Å². The van der Waals surface area contributed by atoms with Crippen molar-refractivity contribution in [1.82, 2.24) is 9.97 Å². The first-order valence-electron chi connectivity index (χ1n) is 11.0. The summed E-state index contributed by atoms with van der Waals surface area (Å²) in [5, 5.41) is 4.14. The minimum atomic E-state index is -0.336. The molecule has 3 aromatic carbocycles. The van der Waals surface area contributed by atoms with Gasteiger partial charge in [0, 0.05) is 16.8 Å². The van der Waals surface area contributed by atoms with Gasteiger partial charge in [0.15, 0.2) is 5.16 Å². The molecule has 0 aliphatic carbocycles. The summed E-state index contributed by atoms with van der Waals surface area (Å²) in [6, 6.07) is 21.7. The van der Waals surface area contributed by atoms with Crippen LogP contribution in [0.2, 0.25) is 10.0 Å². The smallest absolute Gasteiger partial charge is 0.237 e. The monoisotopic (exact) mass is 509 g/mol. The van der Waals surface area contributed by atoms with Crippen molar-refractivity contribution in [3.8, 4) is 22.5 Å². The number of hydrogen-bond acceptors (Lipinski definition) is 3. The number of nitrogens with zero attached hydrogens (tertiary/aromatic N) is 1. The third-order valence-corrected chi connectivity index (χ3v) is 7.44. The first-order chi connectivity index (χ1) is 16.3. The molecule has 34 heavy (non-hydrogen) atoms. The Hall–Kier alpha value is -2.73. The van der Waals surface area contributed by atoms with Gasteiger partial charge in [0.1, 0.15) is 0 Å². The third kappa shape index (κ3) is 5.66. The number of carbonyl (C=O) groups excluding carboxylic acids is 1. The number of H-pyrrole nitrogens is 1. The van der Waals surface area contributed by atoms with E-state index in [-0.39, 0.29) is 11.2 Å². The van der Waals surface area contributed by atoms with Crippen LogP contribution in [0.25, 0.3) is 22.5 Å². The number of thioether (sulfide) groups is 1. The summed E-state index contributed by atoms with van der Waals surface area (Å²) in [6.45, 7) is 6.11. The van der Waals surface area contributed by atoms with Crippen molar-refractivity contribution < 1.29 is 4.79 Å². The molecule has 1 unspecified atom stereocenters. The summed E-state index contributed by atoms with van der Waals surface area (Å²) in [5.41, 5.74) is 6.87. The third-order valence-electron chi connectivity index (χ3n) is 5.45. The van der Waals surface area contributed by atoms with Crippen molar-refractivity contribution in [3.63, 3.8) is 0 Å². The van der Waals surface area contributed by atoms with E-state index in [4.69, 9.17) is 28.2 Å². The van der Waals surface area contributed by atoms with Crippen LogP contribution in [-0.2, 0) is 4.79 Å². The zero-order valence-corrected chi connectivity index (χ0v) is 21.5. The molecular formula is C27H25Cl2N3OS. The van der Waals surface area contributed by atoms with E-state index in [1.807, 2.05) is 6.92 Å². The van der Waals surface area contributed by atoms with E-state index in [0.29, 0.717) is 27.3 Å². The predicted molar refractivity (Wildman–Crippen MR) is 144 cm³/mol. The first-order valence-corrected chi connectivity index (χ1v) is 12.6. The minimum Gasteiger partial charge on any atom is -0.332 e. The molecule has 7 heteroatoms. The van der Waals surface area contributed by atoms with Crippen LogP contribution in [0.4, 0.5) is 5.69 Å². The van der Waals surface area contributed by atoms with Gasteiger partial charge in [-0.25, -0.2) is 4.98 Å². The SMILES string of the molecule is CCC(Sc1nc(-c2ccc(C)cc2)c(-c2ccc(C)cc2)[nH]1)C(=O)Nc1ccc(Cl)c(Cl)c1. The van der Waals surface area contributed by atoms with Gasteiger partial charge in [0.2, 0.25) is 5.91 Å². The predicted octanol–water partition coefficient (Wildman–Crippen LogP) is 8.18. The van der Waals surface area contributed by atoms with Gasteiger partial charge < -0.3 is 10.3 Å². The molecule has 4 aromatic rings. The average Bonchev–Trinajstić information content (AvgIpc) is 3.24. The largest absolute Gasteiger partial charge is 0.332 e. The summed E-state index contributed by atoms with van der Waals surface area (Å²) < 4.78 is 0. The van der Waals surface area contributed by atoms with Crippen LogP contribution in [0.5, 0.6) is 0 Å². The van der Waals surface area contributed by atoms with E-state index in [9.17, 15) is 4.79 Å². The maximum absolute atomic E-state index is 13.0. The van der Waals surface area contributed by atoms with Gasteiger partial charge in [0.05, 0.1) is 26.7 Å². The lowest BCUT2D eigenvalue weighted by Crippen LogP contribution is -2.24. The lowest BCUT2D eigenvalue weighted by molar-refractivity contribution is -0.115. The maximum Gasteiger partial charge on any atom is 0.237 e. The molecule has 2 N–H and O–H groups in total. The number of imidazole rings is 1. The number of nitrogens with one attached hydrogen (secondary N) is 2. The van der Waals surface area contributed by atoms with Crippen molar-refractivity contribution in [3.05, 3.63) is 87.9 Å². The van der Waals surface area contributed by atoms with Crippen molar-refractivity contribution in [2.45, 2.75) is 37.6 Å². The lowest BCUT2D eigenvalue weighted by Gasteiger charge is -2.13. The minimum absolute atomic E-state index is 0.115. The molecule has 0 fully saturated rings. The highest BCUT2D eigenvalue weighted by molar-refractivity contribution is 8.00. The standard InChI is InChI=1S/C27H25Cl2N3OS/c1-4-23(26(33)30-20-13-14-21(28)22(29)15-20)34-27-31-24(18-9-5-16(2)6-10-18)25(32-27)19-11-7-17(3)8-12-19/h5-15,23H,4H2,1-3H3,(H,30,33)(H,31,32). The molecule has 1 atom stereocenters. The number of aryl methyl sites for hydroxylation is 2. The zero-order valence-electron chi connectivity index (χ0n) is 19.2. The van der Waals surface area contributed by atoms with Crippen LogP contribution >= 0.6 is 35.0 Å². The summed E-state index contributed by atoms with van der Waals surface area (Å²) in [7, 11) is 0. The molecule has 0 saturated heterocycles. The highest BCUT2D eigenvalue weighted by atomic mass is 35.5. The van der Waals surface area contributed by atoms with Crippen molar-refractivity contribution in [1.29, 1.82) is 0 Å². The Morgan fingerprint density at radius 3 is 2.15 bits per heavy atom. The molecule has 1 amide bonds. The van der Waals surface area contributed by atoms with Crippen molar-refractivity contribution in [2.75, 3.05) is 5.32 Å². The Morgan fingerprint density at radius 2 is 1.56 bits per heavy atom. The van der Waals surface area contributed by atoms with Gasteiger partial charge >= 0.3 is 0 Å². The second-order valence-electron chi connectivity index (χ2n) is 8.13. The molecule has 0 radical (unpaired) electrons. The molecule has 1 heterocycles. The average molecular weight is 510 g/mol. The van der Waals surface area contributed by atoms with E-state index >= 15 is 0 Å². The molecule has 0 saturated carbocycles. The molecule has 174 valence electrons. The molecule has 4 rings (SSSR count). The number of rotatable bonds is 7. The number of amides is 1. The second kappa shape index (κ2) is 10.7. The topological polar surface area (TPSA) is 57.8 Å². The van der Waals surface area contributed by atoms with Gasteiger partial charge in [-0.05, 0) is 38.5 Å². The van der Waals surface area contributed by atoms with Crippen LogP contribution in [0.1, 0.15) is 24.5 Å². The zero-order chi connectivity index (χ0) is 24.2. The molecule has 0 spiro atoms. The van der Waals surface area contributed by atoms with Crippen molar-refractivity contribution in [2.24, 2.45) is 0 Å². The number of hydrogen-bond donors (Lipinski definition) is 2. The Balaban J connectivity index is 1.62. The second-order valence-corrected chi connectivity index (χ2v) is 10.1. The van der Waals surface area contributed by atoms with Gasteiger partial charge in [-0.15, -0.1) is 0 Å². The van der Waals surface area contributed by atoms with Gasteiger partial charge in [0.25, 0.3) is 0 Å². The van der Waals surface area contributed by atoms with Crippen LogP contribution in [0.15, 0.2) is 71.9 Å². The highest BCUT2D eigenvalue weighted by Crippen LogP contribution is 2.35. The van der Waals surface area contributed by atoms with Crippen LogP contribution < -0.4 is 5.32 Å². The van der Waals surface area contributed by atoms with Crippen LogP contribution in [0, 0.1) is 13.8 Å². The van der Waals surface area contributed by atoms with E-state index in [1.54, 1.807) is 18.2 Å². The summed E-state index contributed by atoms with van der Waals surface area (Å²) in [6.07, 6.45) is 0.637. The van der Waals surface area contributed by atoms with E-state index in [1.165, 1.54) is 22.9 Å². The van der Waals surface area contributed by atoms with E-state index in [2.05, 4.69) is 72.7 Å². The fourth-order valence-electron chi connectivity index (χ4n) is 3.51. The summed E-state index contributed by atoms with van der Waals surface area (Å²) in [5.74, 6) is -0.115. The molecule has 0 aliphatic rings. The number of carbonyl (C=O) groups is 1. The molecular weight excluding hydrogens is 485 g/mol. The molecule has 0 aliphatic heterocycles. The number of aromatic amines is 1. The number of halogens is 2. The Bertz CT molecular complexity index is 1240. The van der Waals surface area contributed by atoms with Gasteiger partial charge in [-0.2, -0.15) is 0 Å². The van der Waals surface area contributed by atoms with Gasteiger partial charge in [-0.1, -0.05) is 102 Å². The van der Waals surface area contributed by atoms with E-state index in [0.717, 1.165) is 22.5 Å². The summed E-state index contributed by atoms with van der Waals surface area (Å²) >= 11 is 13.5. The fourth-order valence-corrected chi connectivity index (χ4v) is 4.72. The van der Waals surface area contributed by atoms with Crippen molar-refractivity contribution >= 4 is 46.6 Å².